The van der Waals surface area contributed by atoms with Gasteiger partial charge in [-0.1, -0.05) is 25.1 Å². The fraction of sp³-hybridized carbons (Fsp3) is 0.538. The molecule has 4 nitrogen and oxygen atoms in total. The number of benzene rings is 1. The number of hydrogen-bond donors (Lipinski definition) is 2. The third-order valence-electron chi connectivity index (χ3n) is 2.88. The second kappa shape index (κ2) is 5.82. The molecule has 0 saturated carbocycles. The minimum Gasteiger partial charge on any atom is -0.327 e. The Hall–Kier alpha value is -0.910. The first kappa shape index (κ1) is 15.1. The van der Waals surface area contributed by atoms with Crippen LogP contribution >= 0.6 is 0 Å². The van der Waals surface area contributed by atoms with E-state index >= 15 is 0 Å². The maximum atomic E-state index is 12.2. The average molecular weight is 270 g/mol. The largest absolute Gasteiger partial charge is 0.327 e. The molecule has 1 rings (SSSR count). The molecule has 0 fully saturated rings. The third-order valence-corrected chi connectivity index (χ3v) is 4.61. The second-order valence-electron chi connectivity index (χ2n) is 4.96. The van der Waals surface area contributed by atoms with Crippen LogP contribution in [0.15, 0.2) is 29.2 Å². The van der Waals surface area contributed by atoms with Crippen LogP contribution in [0.4, 0.5) is 0 Å². The molecule has 0 aliphatic carbocycles. The van der Waals surface area contributed by atoms with Crippen molar-refractivity contribution in [3.63, 3.8) is 0 Å². The SMILES string of the molecule is CC(C)NS(=O)(=O)c1ccccc1C(C)C(C)N. The zero-order chi connectivity index (χ0) is 13.9. The van der Waals surface area contributed by atoms with Gasteiger partial charge in [-0.3, -0.25) is 0 Å². The van der Waals surface area contributed by atoms with Crippen molar-refractivity contribution in [2.45, 2.75) is 50.6 Å². The molecule has 0 heterocycles. The van der Waals surface area contributed by atoms with Crippen molar-refractivity contribution >= 4 is 10.0 Å². The van der Waals surface area contributed by atoms with Crippen LogP contribution < -0.4 is 10.5 Å². The van der Waals surface area contributed by atoms with Crippen LogP contribution in [-0.2, 0) is 10.0 Å². The van der Waals surface area contributed by atoms with Gasteiger partial charge in [0.05, 0.1) is 4.90 Å². The fourth-order valence-corrected chi connectivity index (χ4v) is 3.33. The van der Waals surface area contributed by atoms with Gasteiger partial charge in [0.1, 0.15) is 0 Å². The summed E-state index contributed by atoms with van der Waals surface area (Å²) < 4.78 is 27.1. The Labute approximate surface area is 110 Å². The Balaban J connectivity index is 3.25. The maximum Gasteiger partial charge on any atom is 0.241 e. The summed E-state index contributed by atoms with van der Waals surface area (Å²) in [5.41, 5.74) is 6.63. The molecule has 0 amide bonds. The van der Waals surface area contributed by atoms with Crippen LogP contribution in [-0.4, -0.2) is 20.5 Å². The minimum atomic E-state index is -3.47. The van der Waals surface area contributed by atoms with E-state index in [2.05, 4.69) is 4.72 Å². The summed E-state index contributed by atoms with van der Waals surface area (Å²) in [6.07, 6.45) is 0. The highest BCUT2D eigenvalue weighted by Gasteiger charge is 2.23. The quantitative estimate of drug-likeness (QED) is 0.857. The van der Waals surface area contributed by atoms with Crippen molar-refractivity contribution in [1.82, 2.24) is 4.72 Å². The predicted molar refractivity (Wildman–Crippen MR) is 74.0 cm³/mol. The Bertz CT molecular complexity index is 495. The van der Waals surface area contributed by atoms with Gasteiger partial charge >= 0.3 is 0 Å². The molecule has 0 aliphatic rings. The zero-order valence-corrected chi connectivity index (χ0v) is 12.2. The highest BCUT2D eigenvalue weighted by atomic mass is 32.2. The van der Waals surface area contributed by atoms with Gasteiger partial charge in [0.15, 0.2) is 0 Å². The number of nitrogens with one attached hydrogen (secondary N) is 1. The van der Waals surface area contributed by atoms with E-state index in [-0.39, 0.29) is 18.0 Å². The average Bonchev–Trinajstić information content (AvgIpc) is 2.26. The Morgan fingerprint density at radius 3 is 2.17 bits per heavy atom. The Morgan fingerprint density at radius 1 is 1.11 bits per heavy atom. The number of hydrogen-bond acceptors (Lipinski definition) is 3. The summed E-state index contributed by atoms with van der Waals surface area (Å²) in [4.78, 5) is 0.323. The van der Waals surface area contributed by atoms with Crippen molar-refractivity contribution in [2.75, 3.05) is 0 Å². The van der Waals surface area contributed by atoms with Gasteiger partial charge in [0, 0.05) is 12.1 Å². The fourth-order valence-electron chi connectivity index (χ4n) is 1.76. The minimum absolute atomic E-state index is 0.00932. The molecular weight excluding hydrogens is 248 g/mol. The van der Waals surface area contributed by atoms with Crippen molar-refractivity contribution < 1.29 is 8.42 Å². The second-order valence-corrected chi connectivity index (χ2v) is 6.64. The van der Waals surface area contributed by atoms with E-state index in [9.17, 15) is 8.42 Å². The molecule has 0 bridgehead atoms. The third kappa shape index (κ3) is 3.54. The van der Waals surface area contributed by atoms with Crippen LogP contribution in [0.25, 0.3) is 0 Å². The molecule has 0 radical (unpaired) electrons. The van der Waals surface area contributed by atoms with Gasteiger partial charge in [-0.15, -0.1) is 0 Å². The summed E-state index contributed by atoms with van der Waals surface area (Å²) in [7, 11) is -3.47. The first-order chi connectivity index (χ1) is 8.25. The molecule has 0 aromatic heterocycles. The normalized spacial score (nSPS) is 15.7. The van der Waals surface area contributed by atoms with Crippen molar-refractivity contribution in [1.29, 1.82) is 0 Å². The van der Waals surface area contributed by atoms with Crippen molar-refractivity contribution in [3.8, 4) is 0 Å². The van der Waals surface area contributed by atoms with Crippen LogP contribution in [0, 0.1) is 0 Å². The molecule has 0 spiro atoms. The van der Waals surface area contributed by atoms with E-state index in [1.807, 2.05) is 26.0 Å². The van der Waals surface area contributed by atoms with E-state index in [4.69, 9.17) is 5.73 Å². The summed E-state index contributed by atoms with van der Waals surface area (Å²) in [6.45, 7) is 7.42. The summed E-state index contributed by atoms with van der Waals surface area (Å²) in [6, 6.07) is 6.78. The van der Waals surface area contributed by atoms with E-state index < -0.39 is 10.0 Å². The van der Waals surface area contributed by atoms with Gasteiger partial charge in [-0.25, -0.2) is 13.1 Å². The number of sulfonamides is 1. The lowest BCUT2D eigenvalue weighted by molar-refractivity contribution is 0.561. The van der Waals surface area contributed by atoms with E-state index in [0.717, 1.165) is 5.56 Å². The zero-order valence-electron chi connectivity index (χ0n) is 11.3. The molecule has 1 aromatic carbocycles. The first-order valence-electron chi connectivity index (χ1n) is 6.12. The molecule has 0 aliphatic heterocycles. The Morgan fingerprint density at radius 2 is 1.67 bits per heavy atom. The summed E-state index contributed by atoms with van der Waals surface area (Å²) in [5.74, 6) is -0.00932. The monoisotopic (exact) mass is 270 g/mol. The Kier molecular flexibility index (Phi) is 4.90. The van der Waals surface area contributed by atoms with Gasteiger partial charge in [-0.05, 0) is 38.3 Å². The molecule has 0 saturated heterocycles. The molecule has 1 aromatic rings. The van der Waals surface area contributed by atoms with E-state index in [1.54, 1.807) is 26.0 Å². The lowest BCUT2D eigenvalue weighted by Gasteiger charge is -2.20. The van der Waals surface area contributed by atoms with Gasteiger partial charge < -0.3 is 5.73 Å². The molecule has 3 N–H and O–H groups in total. The highest BCUT2D eigenvalue weighted by Crippen LogP contribution is 2.25. The smallest absolute Gasteiger partial charge is 0.241 e. The van der Waals surface area contributed by atoms with Crippen molar-refractivity contribution in [2.24, 2.45) is 5.73 Å². The van der Waals surface area contributed by atoms with Crippen LogP contribution in [0.1, 0.15) is 39.2 Å². The van der Waals surface area contributed by atoms with Gasteiger partial charge in [0.25, 0.3) is 0 Å². The van der Waals surface area contributed by atoms with E-state index in [0.29, 0.717) is 4.90 Å². The summed E-state index contributed by atoms with van der Waals surface area (Å²) in [5, 5.41) is 0. The van der Waals surface area contributed by atoms with Crippen LogP contribution in [0.3, 0.4) is 0 Å². The van der Waals surface area contributed by atoms with Crippen LogP contribution in [0.2, 0.25) is 0 Å². The molecule has 2 atom stereocenters. The first-order valence-corrected chi connectivity index (χ1v) is 7.61. The predicted octanol–water partition coefficient (Wildman–Crippen LogP) is 1.82. The molecule has 18 heavy (non-hydrogen) atoms. The molecular formula is C13H22N2O2S. The topological polar surface area (TPSA) is 72.2 Å². The van der Waals surface area contributed by atoms with Crippen molar-refractivity contribution in [3.05, 3.63) is 29.8 Å². The molecule has 102 valence electrons. The maximum absolute atomic E-state index is 12.2. The lowest BCUT2D eigenvalue weighted by Crippen LogP contribution is -2.32. The van der Waals surface area contributed by atoms with Crippen LogP contribution in [0.5, 0.6) is 0 Å². The molecule has 2 unspecified atom stereocenters. The lowest BCUT2D eigenvalue weighted by atomic mass is 9.95. The van der Waals surface area contributed by atoms with E-state index in [1.165, 1.54) is 0 Å². The highest BCUT2D eigenvalue weighted by molar-refractivity contribution is 7.89. The number of rotatable bonds is 5. The standard InChI is InChI=1S/C13H22N2O2S/c1-9(2)15-18(16,17)13-8-6-5-7-12(13)10(3)11(4)14/h5-11,15H,14H2,1-4H3. The van der Waals surface area contributed by atoms with Gasteiger partial charge in [-0.2, -0.15) is 0 Å². The van der Waals surface area contributed by atoms with Gasteiger partial charge in [0.2, 0.25) is 10.0 Å². The summed E-state index contributed by atoms with van der Waals surface area (Å²) >= 11 is 0. The molecule has 5 heteroatoms. The number of nitrogens with two attached hydrogens (primary N) is 1.